The maximum atomic E-state index is 15.0. The number of amides is 2. The highest BCUT2D eigenvalue weighted by Crippen LogP contribution is 2.41. The molecule has 34 heavy (non-hydrogen) atoms. The van der Waals surface area contributed by atoms with Crippen LogP contribution in [-0.2, 0) is 5.41 Å². The van der Waals surface area contributed by atoms with E-state index in [1.54, 1.807) is 36.4 Å². The van der Waals surface area contributed by atoms with Crippen molar-refractivity contribution in [1.29, 1.82) is 0 Å². The van der Waals surface area contributed by atoms with Crippen LogP contribution in [0, 0.1) is 5.82 Å². The van der Waals surface area contributed by atoms with Gasteiger partial charge in [0.25, 0.3) is 0 Å². The predicted molar refractivity (Wildman–Crippen MR) is 136 cm³/mol. The van der Waals surface area contributed by atoms with Crippen molar-refractivity contribution in [2.45, 2.75) is 26.2 Å². The first-order valence-electron chi connectivity index (χ1n) is 10.3. The fourth-order valence-corrected chi connectivity index (χ4v) is 4.48. The van der Waals surface area contributed by atoms with Crippen LogP contribution >= 0.6 is 22.9 Å². The lowest BCUT2D eigenvalue weighted by Gasteiger charge is -2.13. The number of rotatable bonds is 4. The number of halogens is 2. The summed E-state index contributed by atoms with van der Waals surface area (Å²) < 4.78 is 15.0. The highest BCUT2D eigenvalue weighted by atomic mass is 35.5. The minimum Gasteiger partial charge on any atom is -0.368 e. The van der Waals surface area contributed by atoms with Crippen molar-refractivity contribution in [3.05, 3.63) is 70.6 Å². The molecule has 0 saturated carbocycles. The number of hydrogen-bond donors (Lipinski definition) is 3. The molecule has 2 heterocycles. The first-order chi connectivity index (χ1) is 16.1. The summed E-state index contributed by atoms with van der Waals surface area (Å²) in [5.74, 6) is -0.351. The zero-order valence-electron chi connectivity index (χ0n) is 18.7. The fourth-order valence-electron chi connectivity index (χ4n) is 3.14. The van der Waals surface area contributed by atoms with E-state index in [0.29, 0.717) is 38.2 Å². The van der Waals surface area contributed by atoms with Crippen molar-refractivity contribution in [1.82, 2.24) is 15.0 Å². The normalized spacial score (nSPS) is 11.3. The Bertz CT molecular complexity index is 1370. The SMILES string of the molecule is CC(C)(C)c1nc(-c2ccnc(N)n2)c(-c2cc(NC(=O)Nc3cccc(Cl)c3)ccc2F)s1. The molecule has 10 heteroatoms. The Labute approximate surface area is 205 Å². The average Bonchev–Trinajstić information content (AvgIpc) is 3.21. The summed E-state index contributed by atoms with van der Waals surface area (Å²) in [6, 6.07) is 12.3. The molecule has 4 N–H and O–H groups in total. The number of urea groups is 1. The van der Waals surface area contributed by atoms with Crippen LogP contribution in [0.4, 0.5) is 26.5 Å². The van der Waals surface area contributed by atoms with Gasteiger partial charge in [0, 0.05) is 33.6 Å². The zero-order valence-corrected chi connectivity index (χ0v) is 20.3. The summed E-state index contributed by atoms with van der Waals surface area (Å²) in [5, 5.41) is 6.75. The van der Waals surface area contributed by atoms with E-state index in [1.165, 1.54) is 29.7 Å². The van der Waals surface area contributed by atoms with Crippen molar-refractivity contribution in [2.24, 2.45) is 0 Å². The second-order valence-electron chi connectivity index (χ2n) is 8.53. The largest absolute Gasteiger partial charge is 0.368 e. The maximum absolute atomic E-state index is 15.0. The molecule has 0 atom stereocenters. The first kappa shape index (κ1) is 23.6. The molecule has 0 aliphatic carbocycles. The molecular formula is C24H22ClFN6OS. The number of benzene rings is 2. The Morgan fingerprint density at radius 1 is 1.06 bits per heavy atom. The predicted octanol–water partition coefficient (Wildman–Crippen LogP) is 6.58. The number of nitrogens with one attached hydrogen (secondary N) is 2. The summed E-state index contributed by atoms with van der Waals surface area (Å²) in [7, 11) is 0. The van der Waals surface area contributed by atoms with E-state index in [0.717, 1.165) is 5.01 Å². The summed E-state index contributed by atoms with van der Waals surface area (Å²) in [6.07, 6.45) is 1.53. The lowest BCUT2D eigenvalue weighted by atomic mass is 9.98. The quantitative estimate of drug-likeness (QED) is 0.296. The van der Waals surface area contributed by atoms with Crippen LogP contribution in [0.5, 0.6) is 0 Å². The Kier molecular flexibility index (Phi) is 6.49. The Balaban J connectivity index is 1.71. The molecule has 2 aromatic carbocycles. The van der Waals surface area contributed by atoms with Gasteiger partial charge in [-0.15, -0.1) is 11.3 Å². The fraction of sp³-hybridized carbons (Fsp3) is 0.167. The lowest BCUT2D eigenvalue weighted by molar-refractivity contribution is 0.262. The van der Waals surface area contributed by atoms with Gasteiger partial charge in [-0.2, -0.15) is 0 Å². The number of thiazole rings is 1. The molecule has 0 saturated heterocycles. The van der Waals surface area contributed by atoms with Crippen LogP contribution in [0.25, 0.3) is 21.8 Å². The van der Waals surface area contributed by atoms with Gasteiger partial charge in [-0.05, 0) is 42.5 Å². The molecule has 0 spiro atoms. The molecule has 0 fully saturated rings. The van der Waals surface area contributed by atoms with E-state index in [1.807, 2.05) is 20.8 Å². The zero-order chi connectivity index (χ0) is 24.5. The Morgan fingerprint density at radius 3 is 2.47 bits per heavy atom. The van der Waals surface area contributed by atoms with Gasteiger partial charge in [-0.3, -0.25) is 0 Å². The van der Waals surface area contributed by atoms with Gasteiger partial charge in [0.05, 0.1) is 15.6 Å². The summed E-state index contributed by atoms with van der Waals surface area (Å²) in [6.45, 7) is 6.09. The summed E-state index contributed by atoms with van der Waals surface area (Å²) in [5.41, 5.74) is 7.75. The molecule has 0 aliphatic rings. The van der Waals surface area contributed by atoms with Gasteiger partial charge in [0.15, 0.2) is 0 Å². The third-order valence-electron chi connectivity index (χ3n) is 4.74. The number of aromatic nitrogens is 3. The van der Waals surface area contributed by atoms with Crippen LogP contribution in [0.3, 0.4) is 0 Å². The van der Waals surface area contributed by atoms with Crippen molar-refractivity contribution >= 4 is 46.3 Å². The van der Waals surface area contributed by atoms with E-state index >= 15 is 4.39 Å². The van der Waals surface area contributed by atoms with Gasteiger partial charge in [0.2, 0.25) is 5.95 Å². The standard InChI is InChI=1S/C24H22ClFN6OS/c1-24(2,3)21-32-19(18-9-10-28-22(27)31-18)20(34-21)16-12-15(7-8-17(16)26)30-23(33)29-14-6-4-5-13(25)11-14/h4-12H,1-3H3,(H2,27,28,31)(H2,29,30,33). The second-order valence-corrected chi connectivity index (χ2v) is 9.97. The van der Waals surface area contributed by atoms with Gasteiger partial charge in [-0.1, -0.05) is 38.4 Å². The van der Waals surface area contributed by atoms with E-state index in [9.17, 15) is 4.79 Å². The van der Waals surface area contributed by atoms with Gasteiger partial charge >= 0.3 is 6.03 Å². The van der Waals surface area contributed by atoms with Crippen LogP contribution in [0.2, 0.25) is 5.02 Å². The van der Waals surface area contributed by atoms with E-state index in [4.69, 9.17) is 22.3 Å². The second kappa shape index (κ2) is 9.36. The summed E-state index contributed by atoms with van der Waals surface area (Å²) >= 11 is 7.34. The van der Waals surface area contributed by atoms with Crippen molar-refractivity contribution in [3.63, 3.8) is 0 Å². The van der Waals surface area contributed by atoms with Crippen LogP contribution in [0.1, 0.15) is 25.8 Å². The Morgan fingerprint density at radius 2 is 1.79 bits per heavy atom. The number of carbonyl (C=O) groups excluding carboxylic acids is 1. The number of nitrogens with zero attached hydrogens (tertiary/aromatic N) is 3. The van der Waals surface area contributed by atoms with Crippen molar-refractivity contribution in [3.8, 4) is 21.8 Å². The van der Waals surface area contributed by atoms with Gasteiger partial charge in [-0.25, -0.2) is 24.1 Å². The molecule has 2 aromatic heterocycles. The number of nitrogens with two attached hydrogens (primary N) is 1. The van der Waals surface area contributed by atoms with Crippen LogP contribution in [0.15, 0.2) is 54.7 Å². The van der Waals surface area contributed by atoms with Crippen LogP contribution in [-0.4, -0.2) is 21.0 Å². The number of nitrogen functional groups attached to an aromatic ring is 1. The lowest BCUT2D eigenvalue weighted by Crippen LogP contribution is -2.19. The van der Waals surface area contributed by atoms with Crippen LogP contribution < -0.4 is 16.4 Å². The molecule has 2 amide bonds. The van der Waals surface area contributed by atoms with Gasteiger partial charge in [0.1, 0.15) is 11.5 Å². The molecule has 0 unspecified atom stereocenters. The molecule has 174 valence electrons. The minimum absolute atomic E-state index is 0.0994. The monoisotopic (exact) mass is 496 g/mol. The topological polar surface area (TPSA) is 106 Å². The maximum Gasteiger partial charge on any atom is 0.323 e. The third kappa shape index (κ3) is 5.32. The highest BCUT2D eigenvalue weighted by molar-refractivity contribution is 7.15. The molecule has 4 rings (SSSR count). The minimum atomic E-state index is -0.483. The molecule has 0 bridgehead atoms. The van der Waals surface area contributed by atoms with E-state index in [-0.39, 0.29) is 11.4 Å². The van der Waals surface area contributed by atoms with Crippen molar-refractivity contribution in [2.75, 3.05) is 16.4 Å². The number of carbonyl (C=O) groups is 1. The van der Waals surface area contributed by atoms with Gasteiger partial charge < -0.3 is 16.4 Å². The number of anilines is 3. The number of hydrogen-bond acceptors (Lipinski definition) is 6. The molecule has 4 aromatic rings. The molecule has 0 aliphatic heterocycles. The molecule has 0 radical (unpaired) electrons. The molecule has 7 nitrogen and oxygen atoms in total. The summed E-state index contributed by atoms with van der Waals surface area (Å²) in [4.78, 5) is 26.0. The highest BCUT2D eigenvalue weighted by Gasteiger charge is 2.25. The first-order valence-corrected chi connectivity index (χ1v) is 11.5. The molecular weight excluding hydrogens is 475 g/mol. The van der Waals surface area contributed by atoms with Crippen molar-refractivity contribution < 1.29 is 9.18 Å². The van der Waals surface area contributed by atoms with E-state index < -0.39 is 11.8 Å². The van der Waals surface area contributed by atoms with E-state index in [2.05, 4.69) is 20.6 Å². The average molecular weight is 497 g/mol. The smallest absolute Gasteiger partial charge is 0.323 e. The third-order valence-corrected chi connectivity index (χ3v) is 6.49. The Hall–Kier alpha value is -3.56.